The number of hydrogen-bond donors (Lipinski definition) is 1. The summed E-state index contributed by atoms with van der Waals surface area (Å²) in [6.07, 6.45) is -1.52. The molecule has 3 rings (SSSR count). The number of thiazole rings is 1. The molecule has 3 nitrogen and oxygen atoms in total. The van der Waals surface area contributed by atoms with Crippen molar-refractivity contribution in [2.75, 3.05) is 13.1 Å². The lowest BCUT2D eigenvalue weighted by Gasteiger charge is -2.34. The number of nitrogens with zero attached hydrogens (tertiary/aromatic N) is 2. The van der Waals surface area contributed by atoms with Gasteiger partial charge in [0.25, 0.3) is 0 Å². The zero-order chi connectivity index (χ0) is 15.0. The Balaban J connectivity index is 1.49. The van der Waals surface area contributed by atoms with Gasteiger partial charge in [0.15, 0.2) is 6.10 Å². The standard InChI is InChI=1S/C14H19F3N2OS/c15-14(16,17)12(20)9-3-5-19(6-4-9)8-11-7-18-13(21-11)10-1-2-10/h7,9-10,12,20H,1-6,8H2. The lowest BCUT2D eigenvalue weighted by Crippen LogP contribution is -2.43. The molecule has 0 spiro atoms. The number of piperidine rings is 1. The molecule has 2 fully saturated rings. The summed E-state index contributed by atoms with van der Waals surface area (Å²) in [5.74, 6) is -0.0128. The summed E-state index contributed by atoms with van der Waals surface area (Å²) in [4.78, 5) is 7.77. The Bertz CT molecular complexity index is 479. The Morgan fingerprint density at radius 3 is 2.52 bits per heavy atom. The van der Waals surface area contributed by atoms with Crippen molar-refractivity contribution in [1.82, 2.24) is 9.88 Å². The number of alkyl halides is 3. The van der Waals surface area contributed by atoms with Crippen LogP contribution in [0, 0.1) is 5.92 Å². The smallest absolute Gasteiger partial charge is 0.383 e. The summed E-state index contributed by atoms with van der Waals surface area (Å²) in [6, 6.07) is 0. The van der Waals surface area contributed by atoms with Gasteiger partial charge in [-0.25, -0.2) is 4.98 Å². The predicted molar refractivity (Wildman–Crippen MR) is 74.2 cm³/mol. The highest BCUT2D eigenvalue weighted by Crippen LogP contribution is 2.42. The topological polar surface area (TPSA) is 36.4 Å². The third kappa shape index (κ3) is 3.76. The van der Waals surface area contributed by atoms with E-state index in [1.54, 1.807) is 11.3 Å². The minimum absolute atomic E-state index is 0.398. The molecule has 1 N–H and O–H groups in total. The van der Waals surface area contributed by atoms with E-state index in [-0.39, 0.29) is 0 Å². The molecule has 1 aromatic rings. The lowest BCUT2D eigenvalue weighted by atomic mass is 9.91. The van der Waals surface area contributed by atoms with Gasteiger partial charge in [-0.05, 0) is 44.7 Å². The minimum atomic E-state index is -4.50. The molecule has 0 bridgehead atoms. The number of aliphatic hydroxyl groups excluding tert-OH is 1. The van der Waals surface area contributed by atoms with Crippen LogP contribution in [0.2, 0.25) is 0 Å². The molecule has 1 saturated heterocycles. The molecule has 2 aliphatic rings. The van der Waals surface area contributed by atoms with E-state index in [1.807, 2.05) is 6.20 Å². The summed E-state index contributed by atoms with van der Waals surface area (Å²) >= 11 is 1.73. The van der Waals surface area contributed by atoms with Crippen molar-refractivity contribution in [2.45, 2.75) is 50.4 Å². The number of halogens is 3. The van der Waals surface area contributed by atoms with Gasteiger partial charge in [0.2, 0.25) is 0 Å². The maximum absolute atomic E-state index is 12.5. The van der Waals surface area contributed by atoms with E-state index >= 15 is 0 Å². The first-order chi connectivity index (χ1) is 9.93. The van der Waals surface area contributed by atoms with Crippen LogP contribution in [0.3, 0.4) is 0 Å². The van der Waals surface area contributed by atoms with Crippen LogP contribution in [0.5, 0.6) is 0 Å². The van der Waals surface area contributed by atoms with Crippen molar-refractivity contribution >= 4 is 11.3 Å². The second kappa shape index (κ2) is 5.85. The quantitative estimate of drug-likeness (QED) is 0.926. The van der Waals surface area contributed by atoms with Gasteiger partial charge in [0, 0.05) is 23.5 Å². The second-order valence-electron chi connectivity index (χ2n) is 6.04. The SMILES string of the molecule is OC(C1CCN(Cc2cnc(C3CC3)s2)CC1)C(F)(F)F. The maximum Gasteiger partial charge on any atom is 0.414 e. The van der Waals surface area contributed by atoms with E-state index in [1.165, 1.54) is 22.7 Å². The summed E-state index contributed by atoms with van der Waals surface area (Å²) in [7, 11) is 0. The molecular weight excluding hydrogens is 301 g/mol. The summed E-state index contributed by atoms with van der Waals surface area (Å²) in [6.45, 7) is 1.97. The van der Waals surface area contributed by atoms with E-state index < -0.39 is 18.2 Å². The predicted octanol–water partition coefficient (Wildman–Crippen LogP) is 3.16. The van der Waals surface area contributed by atoms with Gasteiger partial charge in [0.05, 0.1) is 5.01 Å². The average molecular weight is 320 g/mol. The molecule has 1 aromatic heterocycles. The number of hydrogen-bond acceptors (Lipinski definition) is 4. The molecule has 1 unspecified atom stereocenters. The van der Waals surface area contributed by atoms with Crippen molar-refractivity contribution in [3.8, 4) is 0 Å². The van der Waals surface area contributed by atoms with Crippen molar-refractivity contribution in [3.05, 3.63) is 16.1 Å². The first-order valence-corrected chi connectivity index (χ1v) is 8.17. The van der Waals surface area contributed by atoms with Crippen LogP contribution in [0.25, 0.3) is 0 Å². The minimum Gasteiger partial charge on any atom is -0.383 e. The second-order valence-corrected chi connectivity index (χ2v) is 7.19. The molecular formula is C14H19F3N2OS. The number of likely N-dealkylation sites (tertiary alicyclic amines) is 1. The molecule has 0 radical (unpaired) electrons. The highest BCUT2D eigenvalue weighted by molar-refractivity contribution is 7.11. The first-order valence-electron chi connectivity index (χ1n) is 7.35. The fourth-order valence-corrected chi connectivity index (χ4v) is 3.96. The molecule has 21 heavy (non-hydrogen) atoms. The molecule has 0 amide bonds. The summed E-state index contributed by atoms with van der Waals surface area (Å²) in [5, 5.41) is 10.5. The molecule has 118 valence electrons. The number of aliphatic hydroxyl groups is 1. The van der Waals surface area contributed by atoms with Crippen LogP contribution >= 0.6 is 11.3 Å². The van der Waals surface area contributed by atoms with Crippen LogP contribution in [0.1, 0.15) is 41.5 Å². The Morgan fingerprint density at radius 1 is 1.29 bits per heavy atom. The summed E-state index contributed by atoms with van der Waals surface area (Å²) < 4.78 is 37.5. The fourth-order valence-electron chi connectivity index (χ4n) is 2.83. The third-order valence-electron chi connectivity index (χ3n) is 4.29. The van der Waals surface area contributed by atoms with Gasteiger partial charge in [0.1, 0.15) is 0 Å². The highest BCUT2D eigenvalue weighted by atomic mass is 32.1. The number of aromatic nitrogens is 1. The van der Waals surface area contributed by atoms with Gasteiger partial charge in [-0.15, -0.1) is 11.3 Å². The zero-order valence-electron chi connectivity index (χ0n) is 11.6. The number of rotatable bonds is 4. The van der Waals surface area contributed by atoms with Gasteiger partial charge in [-0.3, -0.25) is 4.90 Å². The molecule has 1 atom stereocenters. The van der Waals surface area contributed by atoms with Gasteiger partial charge < -0.3 is 5.11 Å². The molecule has 1 aliphatic heterocycles. The van der Waals surface area contributed by atoms with Crippen molar-refractivity contribution in [2.24, 2.45) is 5.92 Å². The normalized spacial score (nSPS) is 23.4. The van der Waals surface area contributed by atoms with Crippen molar-refractivity contribution < 1.29 is 18.3 Å². The molecule has 1 aliphatic carbocycles. The summed E-state index contributed by atoms with van der Waals surface area (Å²) in [5.41, 5.74) is 0. The Labute approximate surface area is 125 Å². The largest absolute Gasteiger partial charge is 0.414 e. The Morgan fingerprint density at radius 2 is 1.95 bits per heavy atom. The van der Waals surface area contributed by atoms with E-state index in [9.17, 15) is 18.3 Å². The lowest BCUT2D eigenvalue weighted by molar-refractivity contribution is -0.223. The van der Waals surface area contributed by atoms with Gasteiger partial charge in [-0.2, -0.15) is 13.2 Å². The zero-order valence-corrected chi connectivity index (χ0v) is 12.5. The van der Waals surface area contributed by atoms with E-state index in [4.69, 9.17) is 0 Å². The monoisotopic (exact) mass is 320 g/mol. The maximum atomic E-state index is 12.5. The fraction of sp³-hybridized carbons (Fsp3) is 0.786. The highest BCUT2D eigenvalue weighted by Gasteiger charge is 2.44. The van der Waals surface area contributed by atoms with Crippen LogP contribution in [-0.2, 0) is 6.54 Å². The molecule has 0 aromatic carbocycles. The Hall–Kier alpha value is -0.660. The van der Waals surface area contributed by atoms with Crippen molar-refractivity contribution in [1.29, 1.82) is 0 Å². The molecule has 1 saturated carbocycles. The Kier molecular flexibility index (Phi) is 4.25. The van der Waals surface area contributed by atoms with Crippen LogP contribution in [0.15, 0.2) is 6.20 Å². The first kappa shape index (κ1) is 15.2. The van der Waals surface area contributed by atoms with Gasteiger partial charge >= 0.3 is 6.18 Å². The van der Waals surface area contributed by atoms with Crippen molar-refractivity contribution in [3.63, 3.8) is 0 Å². The average Bonchev–Trinajstić information content (AvgIpc) is 3.19. The van der Waals surface area contributed by atoms with E-state index in [0.717, 1.165) is 6.54 Å². The van der Waals surface area contributed by atoms with Crippen LogP contribution in [0.4, 0.5) is 13.2 Å². The third-order valence-corrected chi connectivity index (χ3v) is 5.44. The van der Waals surface area contributed by atoms with Crippen LogP contribution < -0.4 is 0 Å². The van der Waals surface area contributed by atoms with Crippen LogP contribution in [-0.4, -0.2) is 40.4 Å². The molecule has 2 heterocycles. The van der Waals surface area contributed by atoms with Gasteiger partial charge in [-0.1, -0.05) is 0 Å². The molecule has 7 heteroatoms. The van der Waals surface area contributed by atoms with E-state index in [2.05, 4.69) is 9.88 Å². The van der Waals surface area contributed by atoms with E-state index in [0.29, 0.717) is 31.8 Å².